The zero-order valence-corrected chi connectivity index (χ0v) is 20.0. The van der Waals surface area contributed by atoms with Gasteiger partial charge in [0.15, 0.2) is 5.16 Å². The van der Waals surface area contributed by atoms with E-state index in [1.807, 2.05) is 85.0 Å². The first-order valence-electron chi connectivity index (χ1n) is 11.2. The fraction of sp³-hybridized carbons (Fsp3) is 0.111. The van der Waals surface area contributed by atoms with Gasteiger partial charge in [-0.3, -0.25) is 9.20 Å². The average Bonchev–Trinajstić information content (AvgIpc) is 3.52. The molecule has 0 spiro atoms. The molecule has 0 saturated heterocycles. The fourth-order valence-corrected chi connectivity index (χ4v) is 5.09. The summed E-state index contributed by atoms with van der Waals surface area (Å²) in [4.78, 5) is 18.2. The first kappa shape index (κ1) is 21.4. The zero-order chi connectivity index (χ0) is 23.9. The summed E-state index contributed by atoms with van der Waals surface area (Å²) in [5, 5.41) is 10.2. The number of para-hydroxylation sites is 1. The van der Waals surface area contributed by atoms with Crippen LogP contribution in [0.15, 0.2) is 93.4 Å². The van der Waals surface area contributed by atoms with Gasteiger partial charge in [-0.15, -0.1) is 10.2 Å². The summed E-state index contributed by atoms with van der Waals surface area (Å²) in [6, 6.07) is 23.4. The van der Waals surface area contributed by atoms with Crippen molar-refractivity contribution in [2.24, 2.45) is 0 Å². The third kappa shape index (κ3) is 3.72. The number of fused-ring (bicyclic) bond motifs is 3. The smallest absolute Gasteiger partial charge is 0.267 e. The van der Waals surface area contributed by atoms with Crippen molar-refractivity contribution in [1.29, 1.82) is 0 Å². The highest BCUT2D eigenvalue weighted by atomic mass is 32.2. The molecule has 0 saturated carbocycles. The number of aryl methyl sites for hydroxylation is 2. The predicted octanol–water partition coefficient (Wildman–Crippen LogP) is 5.60. The number of aromatic nitrogens is 5. The van der Waals surface area contributed by atoms with E-state index in [9.17, 15) is 4.79 Å². The van der Waals surface area contributed by atoms with Crippen LogP contribution >= 0.6 is 11.8 Å². The third-order valence-corrected chi connectivity index (χ3v) is 6.87. The van der Waals surface area contributed by atoms with E-state index < -0.39 is 0 Å². The predicted molar refractivity (Wildman–Crippen MR) is 137 cm³/mol. The summed E-state index contributed by atoms with van der Waals surface area (Å²) in [5.41, 5.74) is 5.31. The van der Waals surface area contributed by atoms with Crippen molar-refractivity contribution in [3.8, 4) is 17.1 Å². The highest BCUT2D eigenvalue weighted by Crippen LogP contribution is 2.27. The van der Waals surface area contributed by atoms with Crippen LogP contribution in [0.1, 0.15) is 16.8 Å². The van der Waals surface area contributed by atoms with Gasteiger partial charge in [-0.1, -0.05) is 59.8 Å². The number of hydrogen-bond acceptors (Lipinski definition) is 6. The van der Waals surface area contributed by atoms with Gasteiger partial charge < -0.3 is 4.42 Å². The van der Waals surface area contributed by atoms with Crippen LogP contribution in [0.4, 0.5) is 0 Å². The molecule has 6 rings (SSSR count). The maximum atomic E-state index is 13.6. The van der Waals surface area contributed by atoms with Crippen LogP contribution in [-0.2, 0) is 5.75 Å². The quantitative estimate of drug-likeness (QED) is 0.300. The molecule has 0 unspecified atom stereocenters. The lowest BCUT2D eigenvalue weighted by Crippen LogP contribution is -2.22. The Labute approximate surface area is 205 Å². The lowest BCUT2D eigenvalue weighted by molar-refractivity contribution is 0.573. The molecule has 6 aromatic rings. The Morgan fingerprint density at radius 2 is 1.74 bits per heavy atom. The number of benzene rings is 3. The van der Waals surface area contributed by atoms with Crippen LogP contribution in [0.3, 0.4) is 0 Å². The van der Waals surface area contributed by atoms with Crippen molar-refractivity contribution in [2.75, 3.05) is 0 Å². The fourth-order valence-electron chi connectivity index (χ4n) is 4.27. The highest BCUT2D eigenvalue weighted by Gasteiger charge is 2.19. The van der Waals surface area contributed by atoms with Crippen molar-refractivity contribution in [3.63, 3.8) is 0 Å². The van der Waals surface area contributed by atoms with E-state index in [4.69, 9.17) is 4.42 Å². The highest BCUT2D eigenvalue weighted by molar-refractivity contribution is 7.98. The second-order valence-electron chi connectivity index (χ2n) is 8.36. The van der Waals surface area contributed by atoms with E-state index in [0.717, 1.165) is 33.6 Å². The molecular weight excluding hydrogens is 458 g/mol. The van der Waals surface area contributed by atoms with Gasteiger partial charge >= 0.3 is 0 Å². The van der Waals surface area contributed by atoms with Crippen molar-refractivity contribution in [3.05, 3.63) is 106 Å². The molecule has 0 radical (unpaired) electrons. The van der Waals surface area contributed by atoms with Crippen LogP contribution in [0.5, 0.6) is 0 Å². The lowest BCUT2D eigenvalue weighted by Gasteiger charge is -2.13. The molecule has 7 nitrogen and oxygen atoms in total. The second-order valence-corrected chi connectivity index (χ2v) is 9.31. The Hall–Kier alpha value is -4.17. The third-order valence-electron chi connectivity index (χ3n) is 5.91. The van der Waals surface area contributed by atoms with Crippen LogP contribution in [0, 0.1) is 13.8 Å². The van der Waals surface area contributed by atoms with Crippen molar-refractivity contribution < 1.29 is 4.42 Å². The molecule has 0 atom stereocenters. The minimum atomic E-state index is -0.118. The first-order chi connectivity index (χ1) is 17.1. The summed E-state index contributed by atoms with van der Waals surface area (Å²) in [7, 11) is 0. The van der Waals surface area contributed by atoms with E-state index in [2.05, 4.69) is 21.2 Å². The molecule has 0 amide bonds. The molecule has 0 aliphatic carbocycles. The topological polar surface area (TPSA) is 78.2 Å². The molecule has 0 fully saturated rings. The molecule has 0 bridgehead atoms. The molecule has 172 valence electrons. The van der Waals surface area contributed by atoms with Gasteiger partial charge in [0.25, 0.3) is 5.56 Å². The summed E-state index contributed by atoms with van der Waals surface area (Å²) < 4.78 is 9.27. The molecule has 0 aliphatic heterocycles. The Kier molecular flexibility index (Phi) is 5.22. The number of rotatable bonds is 5. The molecule has 35 heavy (non-hydrogen) atoms. The molecular formula is C27H21N5O2S. The maximum Gasteiger partial charge on any atom is 0.267 e. The Morgan fingerprint density at radius 3 is 2.57 bits per heavy atom. The SMILES string of the molecule is Cc1ccc(-n2c(=O)c3ccccc3n3c(SCc4coc(-c5ccccc5)n4)nnc23)c(C)c1. The number of oxazole rings is 1. The van der Waals surface area contributed by atoms with Gasteiger partial charge in [0.2, 0.25) is 11.7 Å². The van der Waals surface area contributed by atoms with Gasteiger partial charge in [-0.2, -0.15) is 0 Å². The van der Waals surface area contributed by atoms with E-state index in [-0.39, 0.29) is 5.56 Å². The lowest BCUT2D eigenvalue weighted by atomic mass is 10.1. The number of nitrogens with zero attached hydrogens (tertiary/aromatic N) is 5. The van der Waals surface area contributed by atoms with Crippen molar-refractivity contribution >= 4 is 28.4 Å². The molecule has 0 N–H and O–H groups in total. The Bertz CT molecular complexity index is 1750. The molecule has 8 heteroatoms. The first-order valence-corrected chi connectivity index (χ1v) is 12.2. The van der Waals surface area contributed by atoms with Crippen LogP contribution < -0.4 is 5.56 Å². The summed E-state index contributed by atoms with van der Waals surface area (Å²) in [6.45, 7) is 4.04. The minimum Gasteiger partial charge on any atom is -0.444 e. The van der Waals surface area contributed by atoms with Crippen molar-refractivity contribution in [2.45, 2.75) is 24.8 Å². The van der Waals surface area contributed by atoms with Crippen molar-refractivity contribution in [1.82, 2.24) is 24.1 Å². The normalized spacial score (nSPS) is 11.5. The molecule has 0 aliphatic rings. The van der Waals surface area contributed by atoms with Gasteiger partial charge in [-0.05, 0) is 49.7 Å². The van der Waals surface area contributed by atoms with Crippen LogP contribution in [0.25, 0.3) is 33.8 Å². The Morgan fingerprint density at radius 1 is 0.943 bits per heavy atom. The van der Waals surface area contributed by atoms with Crippen LogP contribution in [0.2, 0.25) is 0 Å². The minimum absolute atomic E-state index is 0.118. The standard InChI is InChI=1S/C27H21N5O2S/c1-17-12-13-22(18(2)14-17)31-25(33)21-10-6-7-11-23(21)32-26(31)29-30-27(32)35-16-20-15-34-24(28-20)19-8-4-3-5-9-19/h3-15H,16H2,1-2H3. The van der Waals surface area contributed by atoms with Gasteiger partial charge in [0, 0.05) is 11.3 Å². The average molecular weight is 480 g/mol. The van der Waals surface area contributed by atoms with Gasteiger partial charge in [0.05, 0.1) is 22.3 Å². The summed E-state index contributed by atoms with van der Waals surface area (Å²) in [6.07, 6.45) is 1.67. The number of hydrogen-bond donors (Lipinski definition) is 0. The van der Waals surface area contributed by atoms with E-state index >= 15 is 0 Å². The van der Waals surface area contributed by atoms with Crippen LogP contribution in [-0.4, -0.2) is 24.1 Å². The second kappa shape index (κ2) is 8.56. The molecule has 3 aromatic heterocycles. The number of thioether (sulfide) groups is 1. The van der Waals surface area contributed by atoms with E-state index in [0.29, 0.717) is 28.0 Å². The van der Waals surface area contributed by atoms with E-state index in [1.165, 1.54) is 11.8 Å². The molecule has 3 aromatic carbocycles. The van der Waals surface area contributed by atoms with E-state index in [1.54, 1.807) is 10.8 Å². The monoisotopic (exact) mass is 479 g/mol. The zero-order valence-electron chi connectivity index (χ0n) is 19.2. The van der Waals surface area contributed by atoms with Gasteiger partial charge in [0.1, 0.15) is 6.26 Å². The Balaban J connectivity index is 1.45. The largest absolute Gasteiger partial charge is 0.444 e. The van der Waals surface area contributed by atoms with Gasteiger partial charge in [-0.25, -0.2) is 9.55 Å². The maximum absolute atomic E-state index is 13.6. The summed E-state index contributed by atoms with van der Waals surface area (Å²) in [5.74, 6) is 1.61. The molecule has 3 heterocycles. The summed E-state index contributed by atoms with van der Waals surface area (Å²) >= 11 is 1.50.